The van der Waals surface area contributed by atoms with Gasteiger partial charge in [0.15, 0.2) is 0 Å². The Morgan fingerprint density at radius 2 is 1.55 bits per heavy atom. The molecular weight excluding hydrogens is 302 g/mol. The highest BCUT2D eigenvalue weighted by Gasteiger charge is 2.18. The molecule has 0 unspecified atom stereocenters. The van der Waals surface area contributed by atoms with Crippen LogP contribution in [0.1, 0.15) is 22.3 Å². The van der Waals surface area contributed by atoms with Crippen LogP contribution in [-0.2, 0) is 10.1 Å². The maximum absolute atomic E-state index is 11.5. The third kappa shape index (κ3) is 3.47. The lowest BCUT2D eigenvalue weighted by molar-refractivity contribution is 0.436. The molecule has 5 nitrogen and oxygen atoms in total. The fourth-order valence-corrected chi connectivity index (χ4v) is 2.86. The normalized spacial score (nSPS) is 11.0. The van der Waals surface area contributed by atoms with E-state index in [0.717, 1.165) is 16.7 Å². The minimum Gasteiger partial charge on any atom is -0.744 e. The Hall–Kier alpha value is -1.89. The lowest BCUT2D eigenvalue weighted by atomic mass is 10.0. The second-order valence-electron chi connectivity index (χ2n) is 5.09. The van der Waals surface area contributed by atoms with Crippen molar-refractivity contribution in [3.63, 3.8) is 0 Å². The molecule has 0 atom stereocenters. The van der Waals surface area contributed by atoms with Crippen LogP contribution < -0.4 is 10.9 Å². The van der Waals surface area contributed by atoms with E-state index in [1.165, 1.54) is 6.07 Å². The average molecular weight is 323 g/mol. The zero-order valence-electron chi connectivity index (χ0n) is 13.4. The summed E-state index contributed by atoms with van der Waals surface area (Å²) in [6.07, 6.45) is 0. The summed E-state index contributed by atoms with van der Waals surface area (Å²) in [4.78, 5) is -0.314. The molecule has 0 aliphatic rings. The Labute approximate surface area is 131 Å². The Morgan fingerprint density at radius 1 is 0.955 bits per heavy atom. The first kappa shape index (κ1) is 18.2. The molecule has 0 saturated heterocycles. The standard InChI is InChI=1S/C16H18O4S.H3N/c1-10-7-5-6-8-14(10)20-16-13(4)12(3)11(2)9-15(16)21(17,18)19;/h5-9H,1-4H3,(H,17,18,19);1H3. The van der Waals surface area contributed by atoms with E-state index >= 15 is 0 Å². The van der Waals surface area contributed by atoms with Gasteiger partial charge in [-0.15, -0.1) is 0 Å². The molecule has 0 aromatic heterocycles. The predicted octanol–water partition coefficient (Wildman–Crippen LogP) is 3.99. The summed E-state index contributed by atoms with van der Waals surface area (Å²) in [5.74, 6) is 0.649. The molecule has 0 fully saturated rings. The monoisotopic (exact) mass is 323 g/mol. The first-order valence-corrected chi connectivity index (χ1v) is 7.93. The maximum atomic E-state index is 11.5. The number of hydrogen-bond donors (Lipinski definition) is 1. The number of para-hydroxylation sites is 1. The topological polar surface area (TPSA) is 103 Å². The van der Waals surface area contributed by atoms with E-state index in [2.05, 4.69) is 0 Å². The van der Waals surface area contributed by atoms with Gasteiger partial charge in [0.1, 0.15) is 21.6 Å². The van der Waals surface area contributed by atoms with E-state index in [4.69, 9.17) is 4.74 Å². The second-order valence-corrected chi connectivity index (χ2v) is 6.44. The zero-order valence-corrected chi connectivity index (χ0v) is 14.2. The zero-order chi connectivity index (χ0) is 15.8. The molecule has 2 rings (SSSR count). The predicted molar refractivity (Wildman–Crippen MR) is 85.9 cm³/mol. The van der Waals surface area contributed by atoms with Gasteiger partial charge in [-0.25, -0.2) is 8.42 Å². The van der Waals surface area contributed by atoms with E-state index in [1.807, 2.05) is 26.0 Å². The van der Waals surface area contributed by atoms with Crippen molar-refractivity contribution in [1.82, 2.24) is 6.15 Å². The van der Waals surface area contributed by atoms with Crippen LogP contribution in [0, 0.1) is 27.7 Å². The lowest BCUT2D eigenvalue weighted by Gasteiger charge is -2.20. The third-order valence-corrected chi connectivity index (χ3v) is 4.48. The van der Waals surface area contributed by atoms with Crippen LogP contribution in [0.2, 0.25) is 0 Å². The minimum atomic E-state index is -4.60. The lowest BCUT2D eigenvalue weighted by Crippen LogP contribution is -2.06. The molecule has 0 bridgehead atoms. The van der Waals surface area contributed by atoms with Crippen LogP contribution in [-0.4, -0.2) is 13.0 Å². The van der Waals surface area contributed by atoms with Gasteiger partial charge in [-0.05, 0) is 62.1 Å². The van der Waals surface area contributed by atoms with E-state index in [0.29, 0.717) is 11.3 Å². The van der Waals surface area contributed by atoms with Crippen molar-refractivity contribution in [3.8, 4) is 11.5 Å². The summed E-state index contributed by atoms with van der Waals surface area (Å²) in [7, 11) is -4.60. The quantitative estimate of drug-likeness (QED) is 0.862. The highest BCUT2D eigenvalue weighted by molar-refractivity contribution is 7.85. The SMILES string of the molecule is Cc1ccccc1Oc1c(S(=O)(=O)[O-])cc(C)c(C)c1C.[NH4+]. The first-order chi connectivity index (χ1) is 9.71. The van der Waals surface area contributed by atoms with Crippen molar-refractivity contribution in [2.45, 2.75) is 32.6 Å². The van der Waals surface area contributed by atoms with Crippen molar-refractivity contribution in [1.29, 1.82) is 0 Å². The summed E-state index contributed by atoms with van der Waals surface area (Å²) in [6, 6.07) is 8.63. The molecule has 0 heterocycles. The number of hydrogen-bond acceptors (Lipinski definition) is 4. The van der Waals surface area contributed by atoms with E-state index < -0.39 is 10.1 Å². The Balaban J connectivity index is 0.00000242. The number of ether oxygens (including phenoxy) is 1. The van der Waals surface area contributed by atoms with Crippen molar-refractivity contribution >= 4 is 10.1 Å². The molecule has 0 saturated carbocycles. The van der Waals surface area contributed by atoms with Gasteiger partial charge in [0.2, 0.25) is 0 Å². The van der Waals surface area contributed by atoms with E-state index in [-0.39, 0.29) is 16.8 Å². The summed E-state index contributed by atoms with van der Waals surface area (Å²) in [5.41, 5.74) is 3.18. The van der Waals surface area contributed by atoms with Gasteiger partial charge in [-0.1, -0.05) is 18.2 Å². The van der Waals surface area contributed by atoms with E-state index in [9.17, 15) is 13.0 Å². The summed E-state index contributed by atoms with van der Waals surface area (Å²) >= 11 is 0. The van der Waals surface area contributed by atoms with Crippen LogP contribution in [0.3, 0.4) is 0 Å². The minimum absolute atomic E-state index is 0. The fourth-order valence-electron chi connectivity index (χ4n) is 2.11. The van der Waals surface area contributed by atoms with Gasteiger partial charge in [-0.3, -0.25) is 0 Å². The molecule has 4 N–H and O–H groups in total. The van der Waals surface area contributed by atoms with Crippen LogP contribution in [0.5, 0.6) is 11.5 Å². The van der Waals surface area contributed by atoms with Crippen molar-refractivity contribution in [3.05, 3.63) is 52.6 Å². The molecule has 6 heteroatoms. The Bertz CT molecular complexity index is 798. The average Bonchev–Trinajstić information content (AvgIpc) is 2.40. The summed E-state index contributed by atoms with van der Waals surface area (Å²) < 4.78 is 40.3. The second kappa shape index (κ2) is 6.48. The third-order valence-electron chi connectivity index (χ3n) is 3.64. The molecule has 0 radical (unpaired) electrons. The maximum Gasteiger partial charge on any atom is 0.148 e. The highest BCUT2D eigenvalue weighted by Crippen LogP contribution is 2.36. The van der Waals surface area contributed by atoms with Gasteiger partial charge in [-0.2, -0.15) is 0 Å². The fraction of sp³-hybridized carbons (Fsp3) is 0.250. The van der Waals surface area contributed by atoms with Gasteiger partial charge < -0.3 is 15.4 Å². The molecule has 0 aliphatic heterocycles. The Kier molecular flexibility index (Phi) is 5.35. The van der Waals surface area contributed by atoms with Gasteiger partial charge in [0.25, 0.3) is 0 Å². The van der Waals surface area contributed by atoms with Crippen molar-refractivity contribution in [2.24, 2.45) is 0 Å². The number of quaternary nitrogens is 1. The molecule has 0 aliphatic carbocycles. The molecule has 2 aromatic carbocycles. The number of aryl methyl sites for hydroxylation is 2. The van der Waals surface area contributed by atoms with Crippen LogP contribution in [0.25, 0.3) is 0 Å². The molecule has 0 amide bonds. The van der Waals surface area contributed by atoms with E-state index in [1.54, 1.807) is 26.0 Å². The van der Waals surface area contributed by atoms with Crippen molar-refractivity contribution < 1.29 is 17.7 Å². The molecule has 0 spiro atoms. The first-order valence-electron chi connectivity index (χ1n) is 6.52. The molecular formula is C16H21NO4S. The van der Waals surface area contributed by atoms with Gasteiger partial charge >= 0.3 is 0 Å². The summed E-state index contributed by atoms with van der Waals surface area (Å²) in [6.45, 7) is 7.26. The Morgan fingerprint density at radius 3 is 2.09 bits per heavy atom. The molecule has 120 valence electrons. The number of rotatable bonds is 3. The number of benzene rings is 2. The van der Waals surface area contributed by atoms with Gasteiger partial charge in [0, 0.05) is 0 Å². The van der Waals surface area contributed by atoms with Crippen molar-refractivity contribution in [2.75, 3.05) is 0 Å². The molecule has 22 heavy (non-hydrogen) atoms. The highest BCUT2D eigenvalue weighted by atomic mass is 32.2. The van der Waals surface area contributed by atoms with Crippen LogP contribution in [0.4, 0.5) is 0 Å². The summed E-state index contributed by atoms with van der Waals surface area (Å²) in [5, 5.41) is 0. The van der Waals surface area contributed by atoms with Crippen LogP contribution in [0.15, 0.2) is 35.2 Å². The largest absolute Gasteiger partial charge is 0.744 e. The van der Waals surface area contributed by atoms with Gasteiger partial charge in [0.05, 0.1) is 4.90 Å². The van der Waals surface area contributed by atoms with Crippen LogP contribution >= 0.6 is 0 Å². The smallest absolute Gasteiger partial charge is 0.148 e. The molecule has 2 aromatic rings.